The number of nitrogens with zero attached hydrogens (tertiary/aromatic N) is 2. The van der Waals surface area contributed by atoms with Gasteiger partial charge in [0.05, 0.1) is 5.92 Å². The van der Waals surface area contributed by atoms with Crippen molar-refractivity contribution in [1.29, 1.82) is 0 Å². The molecular formula is C15H17ClN4O. The molecule has 0 aliphatic heterocycles. The molecule has 1 aromatic heterocycles. The minimum Gasteiger partial charge on any atom is -0.323 e. The van der Waals surface area contributed by atoms with E-state index in [4.69, 9.17) is 17.3 Å². The predicted molar refractivity (Wildman–Crippen MR) is 82.9 cm³/mol. The maximum atomic E-state index is 12.2. The highest BCUT2D eigenvalue weighted by Gasteiger charge is 2.22. The SMILES string of the molecule is Cc1cc(Cl)nc(NC(=O)C(C)C(N)c2ccccc2)n1. The number of amides is 1. The van der Waals surface area contributed by atoms with Crippen LogP contribution in [-0.4, -0.2) is 15.9 Å². The van der Waals surface area contributed by atoms with E-state index in [1.54, 1.807) is 19.9 Å². The van der Waals surface area contributed by atoms with E-state index in [0.717, 1.165) is 5.56 Å². The lowest BCUT2D eigenvalue weighted by Crippen LogP contribution is -2.31. The number of hydrogen-bond donors (Lipinski definition) is 2. The number of benzene rings is 1. The Bertz CT molecular complexity index is 613. The van der Waals surface area contributed by atoms with Crippen molar-refractivity contribution in [3.05, 3.63) is 52.8 Å². The molecule has 0 bridgehead atoms. The largest absolute Gasteiger partial charge is 0.323 e. The van der Waals surface area contributed by atoms with Gasteiger partial charge in [-0.2, -0.15) is 0 Å². The summed E-state index contributed by atoms with van der Waals surface area (Å²) in [7, 11) is 0. The fourth-order valence-corrected chi connectivity index (χ4v) is 2.18. The number of nitrogens with two attached hydrogens (primary N) is 1. The van der Waals surface area contributed by atoms with E-state index in [1.165, 1.54) is 0 Å². The number of anilines is 1. The first-order chi connectivity index (χ1) is 9.97. The first-order valence-electron chi connectivity index (χ1n) is 6.60. The zero-order chi connectivity index (χ0) is 15.4. The Morgan fingerprint density at radius 2 is 1.95 bits per heavy atom. The van der Waals surface area contributed by atoms with Crippen LogP contribution in [-0.2, 0) is 4.79 Å². The summed E-state index contributed by atoms with van der Waals surface area (Å²) in [6.07, 6.45) is 0. The van der Waals surface area contributed by atoms with Crippen LogP contribution in [0.5, 0.6) is 0 Å². The molecule has 2 unspecified atom stereocenters. The standard InChI is InChI=1S/C15H17ClN4O/c1-9-8-12(16)19-15(18-9)20-14(21)10(2)13(17)11-6-4-3-5-7-11/h3-8,10,13H,17H2,1-2H3,(H,18,19,20,21). The molecule has 21 heavy (non-hydrogen) atoms. The second-order valence-corrected chi connectivity index (χ2v) is 5.26. The molecule has 5 nitrogen and oxygen atoms in total. The molecule has 0 saturated carbocycles. The van der Waals surface area contributed by atoms with Crippen molar-refractivity contribution in [3.63, 3.8) is 0 Å². The molecule has 0 aliphatic carbocycles. The highest BCUT2D eigenvalue weighted by Crippen LogP contribution is 2.20. The van der Waals surface area contributed by atoms with Crippen LogP contribution in [0, 0.1) is 12.8 Å². The fraction of sp³-hybridized carbons (Fsp3) is 0.267. The van der Waals surface area contributed by atoms with Gasteiger partial charge in [0.2, 0.25) is 11.9 Å². The first kappa shape index (κ1) is 15.4. The van der Waals surface area contributed by atoms with Crippen LogP contribution in [0.4, 0.5) is 5.95 Å². The highest BCUT2D eigenvalue weighted by molar-refractivity contribution is 6.29. The highest BCUT2D eigenvalue weighted by atomic mass is 35.5. The Kier molecular flexibility index (Phi) is 4.88. The normalized spacial score (nSPS) is 13.5. The fourth-order valence-electron chi connectivity index (χ4n) is 1.94. The zero-order valence-corrected chi connectivity index (χ0v) is 12.6. The van der Waals surface area contributed by atoms with Gasteiger partial charge in [0, 0.05) is 11.7 Å². The Hall–Kier alpha value is -1.98. The van der Waals surface area contributed by atoms with Crippen LogP contribution in [0.1, 0.15) is 24.2 Å². The quantitative estimate of drug-likeness (QED) is 0.851. The zero-order valence-electron chi connectivity index (χ0n) is 11.9. The van der Waals surface area contributed by atoms with Gasteiger partial charge >= 0.3 is 0 Å². The maximum Gasteiger partial charge on any atom is 0.231 e. The molecule has 0 aliphatic rings. The van der Waals surface area contributed by atoms with E-state index in [9.17, 15) is 4.79 Å². The average molecular weight is 305 g/mol. The molecule has 1 amide bonds. The Morgan fingerprint density at radius 1 is 1.29 bits per heavy atom. The number of carbonyl (C=O) groups is 1. The number of nitrogens with one attached hydrogen (secondary N) is 1. The van der Waals surface area contributed by atoms with Crippen LogP contribution < -0.4 is 11.1 Å². The number of carbonyl (C=O) groups excluding carboxylic acids is 1. The second-order valence-electron chi connectivity index (χ2n) is 4.87. The first-order valence-corrected chi connectivity index (χ1v) is 6.97. The maximum absolute atomic E-state index is 12.2. The minimum absolute atomic E-state index is 0.192. The van der Waals surface area contributed by atoms with Gasteiger partial charge in [0.25, 0.3) is 0 Å². The molecule has 1 aromatic carbocycles. The monoisotopic (exact) mass is 304 g/mol. The number of hydrogen-bond acceptors (Lipinski definition) is 4. The van der Waals surface area contributed by atoms with E-state index in [2.05, 4.69) is 15.3 Å². The van der Waals surface area contributed by atoms with E-state index in [1.807, 2.05) is 30.3 Å². The van der Waals surface area contributed by atoms with Crippen molar-refractivity contribution >= 4 is 23.5 Å². The van der Waals surface area contributed by atoms with Crippen molar-refractivity contribution in [2.45, 2.75) is 19.9 Å². The Morgan fingerprint density at radius 3 is 2.57 bits per heavy atom. The van der Waals surface area contributed by atoms with Gasteiger partial charge in [-0.1, -0.05) is 48.9 Å². The van der Waals surface area contributed by atoms with Crippen molar-refractivity contribution < 1.29 is 4.79 Å². The predicted octanol–water partition coefficient (Wildman–Crippen LogP) is 2.71. The second kappa shape index (κ2) is 6.65. The van der Waals surface area contributed by atoms with Crippen molar-refractivity contribution in [2.24, 2.45) is 11.7 Å². The van der Waals surface area contributed by atoms with Crippen LogP contribution in [0.2, 0.25) is 5.15 Å². The summed E-state index contributed by atoms with van der Waals surface area (Å²) in [5.41, 5.74) is 7.72. The summed E-state index contributed by atoms with van der Waals surface area (Å²) in [5, 5.41) is 2.94. The Balaban J connectivity index is 2.09. The van der Waals surface area contributed by atoms with Crippen LogP contribution in [0.15, 0.2) is 36.4 Å². The van der Waals surface area contributed by atoms with Gasteiger partial charge in [-0.05, 0) is 18.6 Å². The molecule has 0 radical (unpaired) electrons. The summed E-state index contributed by atoms with van der Waals surface area (Å²) < 4.78 is 0. The van der Waals surface area contributed by atoms with E-state index >= 15 is 0 Å². The average Bonchev–Trinajstić information content (AvgIpc) is 2.45. The van der Waals surface area contributed by atoms with E-state index in [-0.39, 0.29) is 17.0 Å². The minimum atomic E-state index is -0.421. The molecule has 6 heteroatoms. The Labute approximate surface area is 128 Å². The lowest BCUT2D eigenvalue weighted by Gasteiger charge is -2.19. The van der Waals surface area contributed by atoms with Crippen LogP contribution in [0.3, 0.4) is 0 Å². The smallest absolute Gasteiger partial charge is 0.231 e. The molecule has 2 atom stereocenters. The molecule has 0 spiro atoms. The van der Waals surface area contributed by atoms with Crippen molar-refractivity contribution in [2.75, 3.05) is 5.32 Å². The molecular weight excluding hydrogens is 288 g/mol. The third-order valence-corrected chi connectivity index (χ3v) is 3.39. The molecule has 0 fully saturated rings. The van der Waals surface area contributed by atoms with Gasteiger partial charge in [-0.25, -0.2) is 9.97 Å². The van der Waals surface area contributed by atoms with Crippen molar-refractivity contribution in [3.8, 4) is 0 Å². The lowest BCUT2D eigenvalue weighted by molar-refractivity contribution is -0.120. The molecule has 0 saturated heterocycles. The third kappa shape index (κ3) is 4.00. The number of halogens is 1. The lowest BCUT2D eigenvalue weighted by atomic mass is 9.95. The summed E-state index contributed by atoms with van der Waals surface area (Å²) in [6, 6.07) is 10.7. The molecule has 2 aromatic rings. The number of rotatable bonds is 4. The van der Waals surface area contributed by atoms with Gasteiger partial charge in [0.1, 0.15) is 5.15 Å². The van der Waals surface area contributed by atoms with Crippen molar-refractivity contribution in [1.82, 2.24) is 9.97 Å². The molecule has 3 N–H and O–H groups in total. The van der Waals surface area contributed by atoms with Crippen LogP contribution in [0.25, 0.3) is 0 Å². The summed E-state index contributed by atoms with van der Waals surface area (Å²) >= 11 is 5.84. The van der Waals surface area contributed by atoms with Gasteiger partial charge in [-0.3, -0.25) is 10.1 Å². The van der Waals surface area contributed by atoms with Gasteiger partial charge in [-0.15, -0.1) is 0 Å². The molecule has 2 rings (SSSR count). The molecule has 1 heterocycles. The third-order valence-electron chi connectivity index (χ3n) is 3.19. The van der Waals surface area contributed by atoms with E-state index < -0.39 is 12.0 Å². The van der Waals surface area contributed by atoms with Gasteiger partial charge < -0.3 is 5.73 Å². The molecule has 110 valence electrons. The van der Waals surface area contributed by atoms with E-state index in [0.29, 0.717) is 5.69 Å². The van der Waals surface area contributed by atoms with Crippen LogP contribution >= 0.6 is 11.6 Å². The summed E-state index contributed by atoms with van der Waals surface area (Å²) in [5.74, 6) is -0.472. The summed E-state index contributed by atoms with van der Waals surface area (Å²) in [6.45, 7) is 3.55. The number of aromatic nitrogens is 2. The van der Waals surface area contributed by atoms with Gasteiger partial charge in [0.15, 0.2) is 0 Å². The topological polar surface area (TPSA) is 80.9 Å². The summed E-state index contributed by atoms with van der Waals surface area (Å²) in [4.78, 5) is 20.3. The number of aryl methyl sites for hydroxylation is 1.